The third-order valence-electron chi connectivity index (χ3n) is 2.45. The van der Waals surface area contributed by atoms with Gasteiger partial charge in [0.25, 0.3) is 0 Å². The lowest BCUT2D eigenvalue weighted by atomic mass is 10.1. The van der Waals surface area contributed by atoms with Crippen molar-refractivity contribution in [3.8, 4) is 11.8 Å². The van der Waals surface area contributed by atoms with Crippen molar-refractivity contribution in [1.29, 1.82) is 0 Å². The fraction of sp³-hybridized carbons (Fsp3) is 0.357. The monoisotopic (exact) mass is 230 g/mol. The van der Waals surface area contributed by atoms with Gasteiger partial charge in [-0.05, 0) is 25.3 Å². The molecule has 0 bridgehead atoms. The molecule has 0 aliphatic carbocycles. The number of amides is 1. The number of aryl methyl sites for hydroxylation is 1. The van der Waals surface area contributed by atoms with Crippen LogP contribution in [0.3, 0.4) is 0 Å². The molecule has 1 aromatic rings. The molecule has 1 rings (SSSR count). The molecule has 17 heavy (non-hydrogen) atoms. The Kier molecular flexibility index (Phi) is 5.84. The molecule has 3 N–H and O–H groups in total. The maximum atomic E-state index is 11.5. The van der Waals surface area contributed by atoms with Crippen molar-refractivity contribution in [2.75, 3.05) is 6.54 Å². The molecule has 0 aliphatic heterocycles. The van der Waals surface area contributed by atoms with E-state index in [-0.39, 0.29) is 5.91 Å². The zero-order valence-electron chi connectivity index (χ0n) is 10.1. The van der Waals surface area contributed by atoms with Crippen LogP contribution in [0.5, 0.6) is 0 Å². The number of nitrogens with one attached hydrogen (secondary N) is 1. The van der Waals surface area contributed by atoms with Crippen LogP contribution in [0.4, 0.5) is 0 Å². The summed E-state index contributed by atoms with van der Waals surface area (Å²) in [6, 6.07) is 9.55. The molecule has 0 heterocycles. The highest BCUT2D eigenvalue weighted by molar-refractivity contribution is 5.81. The first kappa shape index (κ1) is 13.3. The van der Waals surface area contributed by atoms with Gasteiger partial charge in [0.2, 0.25) is 5.91 Å². The van der Waals surface area contributed by atoms with E-state index in [1.165, 1.54) is 5.56 Å². The van der Waals surface area contributed by atoms with Gasteiger partial charge in [0.15, 0.2) is 0 Å². The summed E-state index contributed by atoms with van der Waals surface area (Å²) < 4.78 is 0. The van der Waals surface area contributed by atoms with Crippen LogP contribution in [-0.4, -0.2) is 18.5 Å². The average Bonchev–Trinajstić information content (AvgIpc) is 2.37. The Labute approximate surface area is 102 Å². The Hall–Kier alpha value is -1.79. The summed E-state index contributed by atoms with van der Waals surface area (Å²) in [5.74, 6) is 5.35. The van der Waals surface area contributed by atoms with E-state index in [0.717, 1.165) is 6.42 Å². The zero-order chi connectivity index (χ0) is 12.5. The quantitative estimate of drug-likeness (QED) is 0.744. The maximum absolute atomic E-state index is 11.5. The second-order valence-corrected chi connectivity index (χ2v) is 3.78. The topological polar surface area (TPSA) is 55.1 Å². The van der Waals surface area contributed by atoms with Gasteiger partial charge in [-0.3, -0.25) is 4.79 Å². The highest BCUT2D eigenvalue weighted by Gasteiger charge is 2.11. The summed E-state index contributed by atoms with van der Waals surface area (Å²) in [5.41, 5.74) is 6.99. The van der Waals surface area contributed by atoms with Crippen LogP contribution in [0.25, 0.3) is 0 Å². The van der Waals surface area contributed by atoms with Crippen molar-refractivity contribution in [3.05, 3.63) is 35.9 Å². The molecule has 90 valence electrons. The molecule has 0 saturated heterocycles. The number of benzene rings is 1. The number of hydrogen-bond acceptors (Lipinski definition) is 2. The predicted octanol–water partition coefficient (Wildman–Crippen LogP) is 1.09. The van der Waals surface area contributed by atoms with Gasteiger partial charge < -0.3 is 11.1 Å². The van der Waals surface area contributed by atoms with Gasteiger partial charge in [-0.1, -0.05) is 36.3 Å². The van der Waals surface area contributed by atoms with E-state index in [9.17, 15) is 4.79 Å². The molecule has 0 aliphatic rings. The summed E-state index contributed by atoms with van der Waals surface area (Å²) in [6.07, 6.45) is 1.46. The molecule has 3 heteroatoms. The molecule has 3 nitrogen and oxygen atoms in total. The molecule has 0 spiro atoms. The van der Waals surface area contributed by atoms with Crippen molar-refractivity contribution in [3.63, 3.8) is 0 Å². The minimum absolute atomic E-state index is 0.135. The fourth-order valence-corrected chi connectivity index (χ4v) is 1.45. The molecule has 0 aromatic heterocycles. The van der Waals surface area contributed by atoms with E-state index < -0.39 is 6.04 Å². The first-order chi connectivity index (χ1) is 8.24. The minimum Gasteiger partial charge on any atom is -0.344 e. The van der Waals surface area contributed by atoms with Crippen LogP contribution in [-0.2, 0) is 11.2 Å². The smallest absolute Gasteiger partial charge is 0.237 e. The lowest BCUT2D eigenvalue weighted by Gasteiger charge is -2.10. The largest absolute Gasteiger partial charge is 0.344 e. The van der Waals surface area contributed by atoms with Crippen LogP contribution >= 0.6 is 0 Å². The number of nitrogens with two attached hydrogens (primary N) is 1. The Bertz CT molecular complexity index is 403. The molecule has 0 radical (unpaired) electrons. The van der Waals surface area contributed by atoms with Crippen molar-refractivity contribution in [2.45, 2.75) is 25.8 Å². The second kappa shape index (κ2) is 7.48. The van der Waals surface area contributed by atoms with Crippen molar-refractivity contribution < 1.29 is 4.79 Å². The predicted molar refractivity (Wildman–Crippen MR) is 69.2 cm³/mol. The van der Waals surface area contributed by atoms with E-state index in [0.29, 0.717) is 13.0 Å². The maximum Gasteiger partial charge on any atom is 0.237 e. The lowest BCUT2D eigenvalue weighted by Crippen LogP contribution is -2.40. The van der Waals surface area contributed by atoms with E-state index in [1.54, 1.807) is 6.92 Å². The van der Waals surface area contributed by atoms with Gasteiger partial charge in [-0.2, -0.15) is 0 Å². The summed E-state index contributed by atoms with van der Waals surface area (Å²) >= 11 is 0. The molecule has 0 fully saturated rings. The number of rotatable bonds is 5. The first-order valence-corrected chi connectivity index (χ1v) is 5.71. The SMILES string of the molecule is CC#CCNC(=O)[C@@H](N)CCc1ccccc1. The van der Waals surface area contributed by atoms with Crippen molar-refractivity contribution >= 4 is 5.91 Å². The third-order valence-corrected chi connectivity index (χ3v) is 2.45. The summed E-state index contributed by atoms with van der Waals surface area (Å²) in [5, 5.41) is 2.68. The lowest BCUT2D eigenvalue weighted by molar-refractivity contribution is -0.122. The molecule has 1 amide bonds. The van der Waals surface area contributed by atoms with E-state index in [4.69, 9.17) is 5.73 Å². The fourth-order valence-electron chi connectivity index (χ4n) is 1.45. The first-order valence-electron chi connectivity index (χ1n) is 5.71. The van der Waals surface area contributed by atoms with Crippen LogP contribution in [0.15, 0.2) is 30.3 Å². The Morgan fingerprint density at radius 1 is 1.41 bits per heavy atom. The second-order valence-electron chi connectivity index (χ2n) is 3.78. The minimum atomic E-state index is -0.464. The highest BCUT2D eigenvalue weighted by Crippen LogP contribution is 2.03. The van der Waals surface area contributed by atoms with E-state index in [1.807, 2.05) is 30.3 Å². The number of carbonyl (C=O) groups excluding carboxylic acids is 1. The van der Waals surface area contributed by atoms with Crippen molar-refractivity contribution in [1.82, 2.24) is 5.32 Å². The van der Waals surface area contributed by atoms with Crippen LogP contribution in [0.1, 0.15) is 18.9 Å². The highest BCUT2D eigenvalue weighted by atomic mass is 16.2. The molecule has 0 unspecified atom stereocenters. The Balaban J connectivity index is 2.30. The summed E-state index contributed by atoms with van der Waals surface area (Å²) in [4.78, 5) is 11.5. The van der Waals surface area contributed by atoms with Crippen LogP contribution < -0.4 is 11.1 Å². The number of carbonyl (C=O) groups is 1. The van der Waals surface area contributed by atoms with E-state index in [2.05, 4.69) is 17.2 Å². The van der Waals surface area contributed by atoms with Gasteiger partial charge in [0.1, 0.15) is 0 Å². The zero-order valence-corrected chi connectivity index (χ0v) is 10.1. The van der Waals surface area contributed by atoms with Gasteiger partial charge in [0.05, 0.1) is 12.6 Å². The average molecular weight is 230 g/mol. The summed E-state index contributed by atoms with van der Waals surface area (Å²) in [6.45, 7) is 2.11. The van der Waals surface area contributed by atoms with Crippen molar-refractivity contribution in [2.24, 2.45) is 5.73 Å². The van der Waals surface area contributed by atoms with E-state index >= 15 is 0 Å². The Morgan fingerprint density at radius 3 is 2.76 bits per heavy atom. The van der Waals surface area contributed by atoms with Gasteiger partial charge >= 0.3 is 0 Å². The molecule has 0 saturated carbocycles. The summed E-state index contributed by atoms with van der Waals surface area (Å²) in [7, 11) is 0. The third kappa shape index (κ3) is 5.19. The Morgan fingerprint density at radius 2 is 2.12 bits per heavy atom. The molecule has 1 aromatic carbocycles. The van der Waals surface area contributed by atoms with Gasteiger partial charge in [-0.15, -0.1) is 5.92 Å². The standard InChI is InChI=1S/C14H18N2O/c1-2-3-11-16-14(17)13(15)10-9-12-7-5-4-6-8-12/h4-8,13H,9-11,15H2,1H3,(H,16,17)/t13-/m0/s1. The molecular weight excluding hydrogens is 212 g/mol. The van der Waals surface area contributed by atoms with Gasteiger partial charge in [0, 0.05) is 0 Å². The molecular formula is C14H18N2O. The normalized spacial score (nSPS) is 11.2. The van der Waals surface area contributed by atoms with Crippen LogP contribution in [0, 0.1) is 11.8 Å². The number of hydrogen-bond donors (Lipinski definition) is 2. The molecule has 1 atom stereocenters. The van der Waals surface area contributed by atoms with Crippen LogP contribution in [0.2, 0.25) is 0 Å². The van der Waals surface area contributed by atoms with Gasteiger partial charge in [-0.25, -0.2) is 0 Å².